The maximum absolute atomic E-state index is 13.4. The zero-order valence-electron chi connectivity index (χ0n) is 31.9. The standard InChI is InChI=1S/C48H16F6N8O2/c1-60-32-15-30(16-33(18-32)61-2)39(24-59)37-19-40(62-3)46-41(27-4-8-34(9-5-27)63-47(49,50)51)43-31(22-57)17-36(38(23-58)29-13-25(20-55)12-26(14-29)21-56)44(43)42(45(37)46)28-6-10-35(11-7-28)64-48(52,53)54/h4-19H/b38-36+,39-37+. The molecule has 0 amide bonds. The zero-order chi connectivity index (χ0) is 46.1. The van der Waals surface area contributed by atoms with E-state index in [0.29, 0.717) is 0 Å². The van der Waals surface area contributed by atoms with Crippen LogP contribution in [0.15, 0.2) is 97.1 Å². The summed E-state index contributed by atoms with van der Waals surface area (Å²) in [4.78, 5) is 10.6. The van der Waals surface area contributed by atoms with E-state index in [1.54, 1.807) is 0 Å². The summed E-state index contributed by atoms with van der Waals surface area (Å²) < 4.78 is 88.3. The number of hydrogen-bond acceptors (Lipinski definition) is 7. The lowest BCUT2D eigenvalue weighted by Gasteiger charge is -2.24. The van der Waals surface area contributed by atoms with Gasteiger partial charge in [-0.2, -0.15) is 26.3 Å². The third-order valence-electron chi connectivity index (χ3n) is 9.82. The molecule has 0 fully saturated rings. The van der Waals surface area contributed by atoms with Gasteiger partial charge in [0.15, 0.2) is 17.1 Å². The predicted molar refractivity (Wildman–Crippen MR) is 219 cm³/mol. The van der Waals surface area contributed by atoms with E-state index in [-0.39, 0.29) is 112 Å². The third-order valence-corrected chi connectivity index (χ3v) is 9.82. The molecule has 16 heteroatoms. The first-order chi connectivity index (χ1) is 30.6. The molecule has 64 heavy (non-hydrogen) atoms. The second-order valence-electron chi connectivity index (χ2n) is 13.5. The van der Waals surface area contributed by atoms with E-state index < -0.39 is 24.2 Å². The summed E-state index contributed by atoms with van der Waals surface area (Å²) in [5.41, 5.74) is -0.254. The number of fused-ring (bicyclic) bond motifs is 2. The quantitative estimate of drug-likeness (QED) is 0.0937. The highest BCUT2D eigenvalue weighted by Crippen LogP contribution is 2.58. The Hall–Kier alpha value is -9.84. The van der Waals surface area contributed by atoms with Crippen LogP contribution in [-0.2, 0) is 0 Å². The molecule has 5 aromatic rings. The van der Waals surface area contributed by atoms with Crippen LogP contribution in [0.1, 0.15) is 44.5 Å². The average molecular weight is 851 g/mol. The van der Waals surface area contributed by atoms with Crippen molar-refractivity contribution in [1.29, 1.82) is 26.3 Å². The van der Waals surface area contributed by atoms with Crippen LogP contribution in [0, 0.1) is 76.4 Å². The lowest BCUT2D eigenvalue weighted by Crippen LogP contribution is -2.17. The van der Waals surface area contributed by atoms with Crippen LogP contribution in [0.25, 0.3) is 70.4 Å². The lowest BCUT2D eigenvalue weighted by atomic mass is 9.78. The van der Waals surface area contributed by atoms with Gasteiger partial charge in [0.1, 0.15) is 23.6 Å². The maximum Gasteiger partial charge on any atom is 0.573 e. The van der Waals surface area contributed by atoms with Crippen molar-refractivity contribution in [3.63, 3.8) is 0 Å². The third kappa shape index (κ3) is 7.82. The fourth-order valence-electron chi connectivity index (χ4n) is 7.51. The summed E-state index contributed by atoms with van der Waals surface area (Å²) in [5.74, 6) is -1.26. The fourth-order valence-corrected chi connectivity index (χ4v) is 7.51. The molecule has 0 N–H and O–H groups in total. The molecular weight excluding hydrogens is 835 g/mol. The molecule has 2 aliphatic rings. The Morgan fingerprint density at radius 1 is 0.484 bits per heavy atom. The van der Waals surface area contributed by atoms with Crippen molar-refractivity contribution in [3.8, 4) is 64.1 Å². The molecule has 0 saturated heterocycles. The Kier molecular flexibility index (Phi) is 10.8. The summed E-state index contributed by atoms with van der Waals surface area (Å²) in [6, 6.07) is 26.9. The van der Waals surface area contributed by atoms with Crippen molar-refractivity contribution in [1.82, 2.24) is 0 Å². The number of ether oxygens (including phenoxy) is 2. The largest absolute Gasteiger partial charge is 0.573 e. The summed E-state index contributed by atoms with van der Waals surface area (Å²) in [7, 11) is 0. The first-order valence-corrected chi connectivity index (χ1v) is 17.9. The Morgan fingerprint density at radius 2 is 0.922 bits per heavy atom. The Bertz CT molecular complexity index is 3150. The molecule has 0 spiro atoms. The molecule has 0 bridgehead atoms. The van der Waals surface area contributed by atoms with Gasteiger partial charge < -0.3 is 9.47 Å². The minimum Gasteiger partial charge on any atom is -0.406 e. The number of nitriles is 5. The van der Waals surface area contributed by atoms with E-state index in [1.165, 1.54) is 72.8 Å². The molecule has 5 aromatic carbocycles. The van der Waals surface area contributed by atoms with E-state index in [1.807, 2.05) is 12.1 Å². The normalized spacial score (nSPS) is 13.9. The minimum atomic E-state index is -5.09. The SMILES string of the molecule is [C-]#[N+]C1=C/C(=C(/C#N)c2cc([N+]#[C-])cc([N+]#[C-])c2)c2c1c(-c1ccc(OC(F)(F)F)cc1)c1c(c2-c2ccc(OC(F)(F)F)cc2)/C(=C(\C#N)c2cc(C#N)cc(C#N)c2)C=C1C#N. The van der Waals surface area contributed by atoms with Gasteiger partial charge in [-0.3, -0.25) is 0 Å². The topological polar surface area (TPSA) is 150 Å². The number of nitrogens with zero attached hydrogens (tertiary/aromatic N) is 8. The smallest absolute Gasteiger partial charge is 0.406 e. The van der Waals surface area contributed by atoms with Crippen molar-refractivity contribution in [3.05, 3.63) is 176 Å². The average Bonchev–Trinajstić information content (AvgIpc) is 3.84. The highest BCUT2D eigenvalue weighted by Gasteiger charge is 2.39. The van der Waals surface area contributed by atoms with Crippen molar-refractivity contribution in [2.75, 3.05) is 0 Å². The van der Waals surface area contributed by atoms with Crippen molar-refractivity contribution >= 4 is 44.9 Å². The van der Waals surface area contributed by atoms with Gasteiger partial charge in [0.05, 0.1) is 65.8 Å². The number of hydrogen-bond donors (Lipinski definition) is 0. The van der Waals surface area contributed by atoms with Crippen LogP contribution in [0.5, 0.6) is 11.5 Å². The van der Waals surface area contributed by atoms with Crippen LogP contribution in [0.2, 0.25) is 0 Å². The molecular formula is C48H16F6N8O2. The molecule has 0 unspecified atom stereocenters. The molecule has 0 heterocycles. The molecule has 0 atom stereocenters. The number of allylic oxidation sites excluding steroid dienone is 7. The molecule has 10 nitrogen and oxygen atoms in total. The lowest BCUT2D eigenvalue weighted by molar-refractivity contribution is -0.275. The minimum absolute atomic E-state index is 0.00485. The maximum atomic E-state index is 13.4. The Labute approximate surface area is 358 Å². The van der Waals surface area contributed by atoms with Gasteiger partial charge in [0, 0.05) is 16.7 Å². The van der Waals surface area contributed by atoms with Crippen LogP contribution in [-0.4, -0.2) is 12.7 Å². The number of alkyl halides is 6. The highest BCUT2D eigenvalue weighted by molar-refractivity contribution is 6.23. The Balaban J connectivity index is 1.74. The number of benzene rings is 5. The highest BCUT2D eigenvalue weighted by atomic mass is 19.4. The van der Waals surface area contributed by atoms with Crippen LogP contribution < -0.4 is 9.47 Å². The van der Waals surface area contributed by atoms with Crippen LogP contribution >= 0.6 is 0 Å². The van der Waals surface area contributed by atoms with Gasteiger partial charge in [-0.05, 0) is 105 Å². The monoisotopic (exact) mass is 850 g/mol. The van der Waals surface area contributed by atoms with E-state index in [4.69, 9.17) is 19.7 Å². The van der Waals surface area contributed by atoms with Gasteiger partial charge in [-0.25, -0.2) is 14.5 Å². The van der Waals surface area contributed by atoms with E-state index in [2.05, 4.69) is 42.2 Å². The van der Waals surface area contributed by atoms with Gasteiger partial charge in [-0.15, -0.1) is 26.3 Å². The second-order valence-corrected chi connectivity index (χ2v) is 13.5. The first-order valence-electron chi connectivity index (χ1n) is 17.9. The summed E-state index contributed by atoms with van der Waals surface area (Å²) in [5, 5.41) is 52.3. The number of halogens is 6. The van der Waals surface area contributed by atoms with Crippen molar-refractivity contribution in [2.24, 2.45) is 0 Å². The van der Waals surface area contributed by atoms with Crippen LogP contribution in [0.4, 0.5) is 37.7 Å². The zero-order valence-corrected chi connectivity index (χ0v) is 31.9. The summed E-state index contributed by atoms with van der Waals surface area (Å²) in [6.07, 6.45) is -7.53. The first kappa shape index (κ1) is 42.3. The van der Waals surface area contributed by atoms with Crippen molar-refractivity contribution < 1.29 is 35.8 Å². The van der Waals surface area contributed by atoms with Gasteiger partial charge >= 0.3 is 12.7 Å². The molecule has 0 radical (unpaired) electrons. The molecule has 302 valence electrons. The van der Waals surface area contributed by atoms with E-state index >= 15 is 0 Å². The van der Waals surface area contributed by atoms with Gasteiger partial charge in [-0.1, -0.05) is 42.5 Å². The van der Waals surface area contributed by atoms with Gasteiger partial charge in [0.2, 0.25) is 0 Å². The Morgan fingerprint density at radius 3 is 1.33 bits per heavy atom. The van der Waals surface area contributed by atoms with Crippen LogP contribution in [0.3, 0.4) is 0 Å². The number of rotatable bonds is 6. The second kappa shape index (κ2) is 16.3. The molecule has 7 rings (SSSR count). The molecule has 2 aliphatic carbocycles. The summed E-state index contributed by atoms with van der Waals surface area (Å²) in [6.45, 7) is 23.7. The molecule has 0 saturated carbocycles. The molecule has 0 aromatic heterocycles. The fraction of sp³-hybridized carbons (Fsp3) is 0.0417. The predicted octanol–water partition coefficient (Wildman–Crippen LogP) is 12.7. The molecule has 0 aliphatic heterocycles. The van der Waals surface area contributed by atoms with Gasteiger partial charge in [0.25, 0.3) is 0 Å². The van der Waals surface area contributed by atoms with Crippen molar-refractivity contribution in [2.45, 2.75) is 12.7 Å². The van der Waals surface area contributed by atoms with E-state index in [9.17, 15) is 52.7 Å². The summed E-state index contributed by atoms with van der Waals surface area (Å²) >= 11 is 0. The van der Waals surface area contributed by atoms with E-state index in [0.717, 1.165) is 24.3 Å².